The predicted octanol–water partition coefficient (Wildman–Crippen LogP) is 5.46. The van der Waals surface area contributed by atoms with Gasteiger partial charge in [0.15, 0.2) is 0 Å². The quantitative estimate of drug-likeness (QED) is 0.574. The molecule has 0 atom stereocenters. The van der Waals surface area contributed by atoms with Crippen LogP contribution in [-0.4, -0.2) is 6.54 Å². The SMILES string of the molecule is C=c1c(CCCC)cc2c(c1CCCC)Oc1cc(NCC)c(C)cc1C=2. The summed E-state index contributed by atoms with van der Waals surface area (Å²) in [4.78, 5) is 0. The number of rotatable bonds is 8. The van der Waals surface area contributed by atoms with Crippen molar-refractivity contribution in [2.24, 2.45) is 0 Å². The molecule has 2 aromatic carbocycles. The molecule has 0 unspecified atom stereocenters. The second kappa shape index (κ2) is 8.65. The minimum Gasteiger partial charge on any atom is -0.456 e. The van der Waals surface area contributed by atoms with E-state index < -0.39 is 0 Å². The van der Waals surface area contributed by atoms with Crippen LogP contribution in [0.25, 0.3) is 12.7 Å². The van der Waals surface area contributed by atoms with Gasteiger partial charge in [0.05, 0.1) is 0 Å². The highest BCUT2D eigenvalue weighted by molar-refractivity contribution is 5.70. The average Bonchev–Trinajstić information content (AvgIpc) is 2.65. The average molecular weight is 364 g/mol. The molecule has 0 fully saturated rings. The van der Waals surface area contributed by atoms with Crippen molar-refractivity contribution >= 4 is 18.3 Å². The van der Waals surface area contributed by atoms with Gasteiger partial charge in [-0.2, -0.15) is 0 Å². The van der Waals surface area contributed by atoms with E-state index in [0.717, 1.165) is 36.6 Å². The molecule has 0 amide bonds. The standard InChI is InChI=1S/C25H33NO/c1-6-9-11-19-14-21-15-20-13-17(4)23(26-8-3)16-24(20)27-25(21)22(18(19)5)12-10-7-2/h13-16,26H,5-12H2,1-4H3. The van der Waals surface area contributed by atoms with E-state index in [9.17, 15) is 0 Å². The van der Waals surface area contributed by atoms with Crippen LogP contribution < -0.4 is 20.5 Å². The van der Waals surface area contributed by atoms with Crippen LogP contribution in [0.4, 0.5) is 5.69 Å². The molecule has 144 valence electrons. The van der Waals surface area contributed by atoms with Gasteiger partial charge in [0.1, 0.15) is 11.5 Å². The normalized spacial score (nSPS) is 12.0. The van der Waals surface area contributed by atoms with Crippen LogP contribution in [0, 0.1) is 6.92 Å². The molecule has 0 bridgehead atoms. The molecule has 0 aromatic heterocycles. The van der Waals surface area contributed by atoms with Gasteiger partial charge in [-0.1, -0.05) is 33.3 Å². The Morgan fingerprint density at radius 2 is 1.74 bits per heavy atom. The number of anilines is 1. The van der Waals surface area contributed by atoms with Crippen molar-refractivity contribution in [3.8, 4) is 11.5 Å². The molecule has 0 saturated carbocycles. The van der Waals surface area contributed by atoms with Gasteiger partial charge in [0.25, 0.3) is 0 Å². The molecular formula is C25H33NO. The molecule has 3 rings (SSSR count). The summed E-state index contributed by atoms with van der Waals surface area (Å²) in [7, 11) is 0. The van der Waals surface area contributed by atoms with Crippen LogP contribution >= 0.6 is 0 Å². The van der Waals surface area contributed by atoms with E-state index in [2.05, 4.69) is 63.9 Å². The van der Waals surface area contributed by atoms with Crippen molar-refractivity contribution < 1.29 is 4.74 Å². The van der Waals surface area contributed by atoms with Crippen LogP contribution in [0.5, 0.6) is 11.5 Å². The fourth-order valence-electron chi connectivity index (χ4n) is 3.85. The van der Waals surface area contributed by atoms with Crippen molar-refractivity contribution in [2.45, 2.75) is 66.2 Å². The highest BCUT2D eigenvalue weighted by atomic mass is 16.5. The molecule has 27 heavy (non-hydrogen) atoms. The summed E-state index contributed by atoms with van der Waals surface area (Å²) in [6.07, 6.45) is 9.18. The third kappa shape index (κ3) is 4.05. The van der Waals surface area contributed by atoms with E-state index in [-0.39, 0.29) is 0 Å². The summed E-state index contributed by atoms with van der Waals surface area (Å²) >= 11 is 0. The Hall–Kier alpha value is -2.22. The second-order valence-electron chi connectivity index (χ2n) is 7.60. The molecule has 1 aliphatic rings. The third-order valence-corrected chi connectivity index (χ3v) is 5.44. The summed E-state index contributed by atoms with van der Waals surface area (Å²) in [5.41, 5.74) is 6.25. The van der Waals surface area contributed by atoms with Gasteiger partial charge >= 0.3 is 0 Å². The minimum atomic E-state index is 0.908. The summed E-state index contributed by atoms with van der Waals surface area (Å²) in [5, 5.41) is 5.83. The number of hydrogen-bond donors (Lipinski definition) is 1. The molecule has 0 spiro atoms. The van der Waals surface area contributed by atoms with Crippen molar-refractivity contribution in [3.05, 3.63) is 50.9 Å². The fraction of sp³-hybridized carbons (Fsp3) is 0.440. The van der Waals surface area contributed by atoms with Crippen LogP contribution in [0.3, 0.4) is 0 Å². The van der Waals surface area contributed by atoms with E-state index in [1.165, 1.54) is 58.4 Å². The molecule has 1 heterocycles. The van der Waals surface area contributed by atoms with Gasteiger partial charge in [0, 0.05) is 34.6 Å². The van der Waals surface area contributed by atoms with E-state index in [0.29, 0.717) is 0 Å². The Bertz CT molecular complexity index is 927. The van der Waals surface area contributed by atoms with E-state index >= 15 is 0 Å². The molecule has 2 nitrogen and oxygen atoms in total. The summed E-state index contributed by atoms with van der Waals surface area (Å²) in [5.74, 6) is 1.97. The van der Waals surface area contributed by atoms with Crippen molar-refractivity contribution in [1.82, 2.24) is 0 Å². The smallest absolute Gasteiger partial charge is 0.138 e. The topological polar surface area (TPSA) is 21.3 Å². The summed E-state index contributed by atoms with van der Waals surface area (Å²) < 4.78 is 6.48. The van der Waals surface area contributed by atoms with Crippen LogP contribution in [0.15, 0.2) is 18.2 Å². The number of fused-ring (bicyclic) bond motifs is 2. The van der Waals surface area contributed by atoms with E-state index in [1.54, 1.807) is 0 Å². The van der Waals surface area contributed by atoms with Crippen LogP contribution in [0.2, 0.25) is 0 Å². The lowest BCUT2D eigenvalue weighted by molar-refractivity contribution is 0.464. The first kappa shape index (κ1) is 19.5. The number of aryl methyl sites for hydroxylation is 2. The Balaban J connectivity index is 2.14. The fourth-order valence-corrected chi connectivity index (χ4v) is 3.85. The maximum absolute atomic E-state index is 6.48. The Morgan fingerprint density at radius 1 is 1.00 bits per heavy atom. The van der Waals surface area contributed by atoms with E-state index in [4.69, 9.17) is 4.74 Å². The minimum absolute atomic E-state index is 0.908. The molecule has 2 heteroatoms. The first-order chi connectivity index (χ1) is 13.1. The Labute approximate surface area is 164 Å². The van der Waals surface area contributed by atoms with Gasteiger partial charge in [0.2, 0.25) is 0 Å². The number of ether oxygens (including phenoxy) is 1. The number of hydrogen-bond acceptors (Lipinski definition) is 2. The van der Waals surface area contributed by atoms with Crippen LogP contribution in [0.1, 0.15) is 68.7 Å². The number of unbranched alkanes of at least 4 members (excludes halogenated alkanes) is 2. The van der Waals surface area contributed by atoms with Gasteiger partial charge < -0.3 is 10.1 Å². The first-order valence-corrected chi connectivity index (χ1v) is 10.5. The van der Waals surface area contributed by atoms with Crippen molar-refractivity contribution in [2.75, 3.05) is 11.9 Å². The molecule has 0 aliphatic carbocycles. The highest BCUT2D eigenvalue weighted by Crippen LogP contribution is 2.34. The molecule has 2 aromatic rings. The lowest BCUT2D eigenvalue weighted by atomic mass is 9.94. The lowest BCUT2D eigenvalue weighted by Gasteiger charge is -2.22. The van der Waals surface area contributed by atoms with Gasteiger partial charge in [-0.05, 0) is 74.1 Å². The molecule has 1 N–H and O–H groups in total. The van der Waals surface area contributed by atoms with E-state index in [1.807, 2.05) is 0 Å². The first-order valence-electron chi connectivity index (χ1n) is 10.5. The Morgan fingerprint density at radius 3 is 2.44 bits per heavy atom. The zero-order chi connectivity index (χ0) is 19.4. The third-order valence-electron chi connectivity index (χ3n) is 5.44. The van der Waals surface area contributed by atoms with Gasteiger partial charge in [-0.3, -0.25) is 0 Å². The Kier molecular flexibility index (Phi) is 6.26. The van der Waals surface area contributed by atoms with Crippen LogP contribution in [-0.2, 0) is 12.8 Å². The van der Waals surface area contributed by atoms with Crippen molar-refractivity contribution in [1.29, 1.82) is 0 Å². The van der Waals surface area contributed by atoms with Crippen molar-refractivity contribution in [3.63, 3.8) is 0 Å². The zero-order valence-corrected chi connectivity index (χ0v) is 17.4. The summed E-state index contributed by atoms with van der Waals surface area (Å²) in [6.45, 7) is 14.1. The molecule has 0 saturated heterocycles. The maximum Gasteiger partial charge on any atom is 0.138 e. The molecule has 1 aliphatic heterocycles. The largest absolute Gasteiger partial charge is 0.456 e. The second-order valence-corrected chi connectivity index (χ2v) is 7.60. The number of nitrogens with one attached hydrogen (secondary N) is 1. The molecular weight excluding hydrogens is 330 g/mol. The summed E-state index contributed by atoms with van der Waals surface area (Å²) in [6, 6.07) is 6.68. The number of benzene rings is 2. The predicted molar refractivity (Wildman–Crippen MR) is 117 cm³/mol. The van der Waals surface area contributed by atoms with Gasteiger partial charge in [-0.25, -0.2) is 0 Å². The maximum atomic E-state index is 6.48. The monoisotopic (exact) mass is 363 g/mol. The molecule has 0 radical (unpaired) electrons. The highest BCUT2D eigenvalue weighted by Gasteiger charge is 2.18. The lowest BCUT2D eigenvalue weighted by Crippen LogP contribution is -2.24. The van der Waals surface area contributed by atoms with Gasteiger partial charge in [-0.15, -0.1) is 0 Å². The zero-order valence-electron chi connectivity index (χ0n) is 17.4.